The molecular formula is C11H16N4O. The van der Waals surface area contributed by atoms with Gasteiger partial charge in [0.25, 0.3) is 0 Å². The Bertz CT molecular complexity index is 480. The summed E-state index contributed by atoms with van der Waals surface area (Å²) in [5.74, 6) is 1.50. The summed E-state index contributed by atoms with van der Waals surface area (Å²) < 4.78 is 5.33. The monoisotopic (exact) mass is 220 g/mol. The molecule has 0 radical (unpaired) electrons. The van der Waals surface area contributed by atoms with Crippen molar-refractivity contribution < 1.29 is 4.74 Å². The van der Waals surface area contributed by atoms with E-state index in [1.165, 1.54) is 0 Å². The van der Waals surface area contributed by atoms with Crippen molar-refractivity contribution in [1.82, 2.24) is 20.3 Å². The average Bonchev–Trinajstić information content (AvgIpc) is 2.71. The molecule has 1 unspecified atom stereocenters. The number of aromatic amines is 1. The SMILES string of the molecule is CCOc1ccc2[nH]c(C(C)NC)nc2n1. The van der Waals surface area contributed by atoms with Gasteiger partial charge in [0, 0.05) is 6.07 Å². The highest BCUT2D eigenvalue weighted by Crippen LogP contribution is 2.17. The number of nitrogens with zero attached hydrogens (tertiary/aromatic N) is 2. The van der Waals surface area contributed by atoms with Crippen LogP contribution in [-0.2, 0) is 0 Å². The van der Waals surface area contributed by atoms with E-state index in [-0.39, 0.29) is 6.04 Å². The Morgan fingerprint density at radius 2 is 2.25 bits per heavy atom. The second kappa shape index (κ2) is 4.49. The van der Waals surface area contributed by atoms with Gasteiger partial charge in [-0.05, 0) is 27.0 Å². The van der Waals surface area contributed by atoms with Crippen LogP contribution in [0.25, 0.3) is 11.2 Å². The Balaban J connectivity index is 2.38. The summed E-state index contributed by atoms with van der Waals surface area (Å²) in [6.07, 6.45) is 0. The number of imidazole rings is 1. The number of aromatic nitrogens is 3. The number of pyridine rings is 1. The lowest BCUT2D eigenvalue weighted by molar-refractivity contribution is 0.328. The molecule has 0 aliphatic heterocycles. The molecule has 0 bridgehead atoms. The van der Waals surface area contributed by atoms with Crippen molar-refractivity contribution in [1.29, 1.82) is 0 Å². The van der Waals surface area contributed by atoms with E-state index >= 15 is 0 Å². The summed E-state index contributed by atoms with van der Waals surface area (Å²) in [6.45, 7) is 4.59. The zero-order chi connectivity index (χ0) is 11.5. The minimum atomic E-state index is 0.185. The Labute approximate surface area is 94.2 Å². The van der Waals surface area contributed by atoms with Crippen LogP contribution in [0.4, 0.5) is 0 Å². The zero-order valence-electron chi connectivity index (χ0n) is 9.74. The molecule has 0 saturated carbocycles. The largest absolute Gasteiger partial charge is 0.478 e. The highest BCUT2D eigenvalue weighted by molar-refractivity contribution is 5.71. The normalized spacial score (nSPS) is 12.9. The van der Waals surface area contributed by atoms with Gasteiger partial charge in [0.1, 0.15) is 5.82 Å². The molecule has 0 fully saturated rings. The van der Waals surface area contributed by atoms with Gasteiger partial charge >= 0.3 is 0 Å². The molecule has 2 aromatic heterocycles. The molecule has 2 heterocycles. The number of H-pyrrole nitrogens is 1. The van der Waals surface area contributed by atoms with Crippen LogP contribution in [0.2, 0.25) is 0 Å². The van der Waals surface area contributed by atoms with E-state index in [4.69, 9.17) is 4.74 Å². The van der Waals surface area contributed by atoms with Gasteiger partial charge in [-0.2, -0.15) is 4.98 Å². The van der Waals surface area contributed by atoms with Crippen LogP contribution in [0.15, 0.2) is 12.1 Å². The summed E-state index contributed by atoms with van der Waals surface area (Å²) >= 11 is 0. The molecule has 5 heteroatoms. The third-order valence-corrected chi connectivity index (χ3v) is 2.47. The predicted molar refractivity (Wildman–Crippen MR) is 62.5 cm³/mol. The van der Waals surface area contributed by atoms with Gasteiger partial charge in [0.2, 0.25) is 5.88 Å². The van der Waals surface area contributed by atoms with Gasteiger partial charge in [0.15, 0.2) is 5.65 Å². The van der Waals surface area contributed by atoms with Crippen molar-refractivity contribution in [3.05, 3.63) is 18.0 Å². The maximum absolute atomic E-state index is 5.33. The maximum atomic E-state index is 5.33. The second-order valence-electron chi connectivity index (χ2n) is 3.59. The van der Waals surface area contributed by atoms with Gasteiger partial charge in [0.05, 0.1) is 18.2 Å². The van der Waals surface area contributed by atoms with Gasteiger partial charge in [-0.25, -0.2) is 4.98 Å². The van der Waals surface area contributed by atoms with E-state index in [0.717, 1.165) is 11.3 Å². The summed E-state index contributed by atoms with van der Waals surface area (Å²) in [5, 5.41) is 3.13. The lowest BCUT2D eigenvalue weighted by Crippen LogP contribution is -2.13. The smallest absolute Gasteiger partial charge is 0.215 e. The molecule has 0 spiro atoms. The van der Waals surface area contributed by atoms with Crippen LogP contribution < -0.4 is 10.1 Å². The summed E-state index contributed by atoms with van der Waals surface area (Å²) in [5.41, 5.74) is 1.63. The molecule has 2 aromatic rings. The third-order valence-electron chi connectivity index (χ3n) is 2.47. The lowest BCUT2D eigenvalue weighted by atomic mass is 10.3. The molecule has 0 amide bonds. The number of rotatable bonds is 4. The van der Waals surface area contributed by atoms with Crippen molar-refractivity contribution in [2.45, 2.75) is 19.9 Å². The molecule has 1 atom stereocenters. The fraction of sp³-hybridized carbons (Fsp3) is 0.455. The summed E-state index contributed by atoms with van der Waals surface area (Å²) in [4.78, 5) is 12.0. The molecule has 5 nitrogen and oxygen atoms in total. The molecule has 86 valence electrons. The van der Waals surface area contributed by atoms with Crippen molar-refractivity contribution >= 4 is 11.2 Å². The van der Waals surface area contributed by atoms with Crippen LogP contribution in [0, 0.1) is 0 Å². The first-order valence-electron chi connectivity index (χ1n) is 5.41. The van der Waals surface area contributed by atoms with E-state index in [0.29, 0.717) is 18.1 Å². The number of hydrogen-bond donors (Lipinski definition) is 2. The van der Waals surface area contributed by atoms with E-state index in [1.807, 2.05) is 33.0 Å². The average molecular weight is 220 g/mol. The Kier molecular flexibility index (Phi) is 3.05. The molecule has 0 aliphatic carbocycles. The van der Waals surface area contributed by atoms with Crippen LogP contribution in [0.1, 0.15) is 25.7 Å². The van der Waals surface area contributed by atoms with E-state index in [2.05, 4.69) is 20.3 Å². The molecule has 0 aromatic carbocycles. The third kappa shape index (κ3) is 1.99. The highest BCUT2D eigenvalue weighted by atomic mass is 16.5. The second-order valence-corrected chi connectivity index (χ2v) is 3.59. The van der Waals surface area contributed by atoms with Crippen LogP contribution >= 0.6 is 0 Å². The molecule has 2 N–H and O–H groups in total. The van der Waals surface area contributed by atoms with E-state index in [9.17, 15) is 0 Å². The fourth-order valence-corrected chi connectivity index (χ4v) is 1.46. The minimum Gasteiger partial charge on any atom is -0.478 e. The van der Waals surface area contributed by atoms with Crippen molar-refractivity contribution in [2.75, 3.05) is 13.7 Å². The van der Waals surface area contributed by atoms with Crippen molar-refractivity contribution in [3.63, 3.8) is 0 Å². The first-order valence-corrected chi connectivity index (χ1v) is 5.41. The summed E-state index contributed by atoms with van der Waals surface area (Å²) in [6, 6.07) is 3.97. The first-order chi connectivity index (χ1) is 7.74. The van der Waals surface area contributed by atoms with E-state index < -0.39 is 0 Å². The topological polar surface area (TPSA) is 62.8 Å². The van der Waals surface area contributed by atoms with Crippen LogP contribution in [0.3, 0.4) is 0 Å². The lowest BCUT2D eigenvalue weighted by Gasteiger charge is -2.04. The maximum Gasteiger partial charge on any atom is 0.215 e. The Morgan fingerprint density at radius 1 is 1.44 bits per heavy atom. The molecule has 2 rings (SSSR count). The molecule has 0 saturated heterocycles. The zero-order valence-corrected chi connectivity index (χ0v) is 9.74. The van der Waals surface area contributed by atoms with Gasteiger partial charge in [-0.3, -0.25) is 0 Å². The number of nitrogens with one attached hydrogen (secondary N) is 2. The van der Waals surface area contributed by atoms with Gasteiger partial charge in [-0.15, -0.1) is 0 Å². The molecule has 0 aliphatic rings. The number of fused-ring (bicyclic) bond motifs is 1. The van der Waals surface area contributed by atoms with Crippen molar-refractivity contribution in [2.24, 2.45) is 0 Å². The van der Waals surface area contributed by atoms with Gasteiger partial charge in [-0.1, -0.05) is 0 Å². The Morgan fingerprint density at radius 3 is 2.94 bits per heavy atom. The number of hydrogen-bond acceptors (Lipinski definition) is 4. The first kappa shape index (κ1) is 10.9. The van der Waals surface area contributed by atoms with E-state index in [1.54, 1.807) is 0 Å². The van der Waals surface area contributed by atoms with Crippen molar-refractivity contribution in [3.8, 4) is 5.88 Å². The fourth-order valence-electron chi connectivity index (χ4n) is 1.46. The quantitative estimate of drug-likeness (QED) is 0.822. The molecular weight excluding hydrogens is 204 g/mol. The standard InChI is InChI=1S/C11H16N4O/c1-4-16-9-6-5-8-11(14-9)15-10(13-8)7(2)12-3/h5-7,12H,4H2,1-3H3,(H,13,14,15). The minimum absolute atomic E-state index is 0.185. The van der Waals surface area contributed by atoms with Crippen LogP contribution in [0.5, 0.6) is 5.88 Å². The summed E-state index contributed by atoms with van der Waals surface area (Å²) in [7, 11) is 1.90. The highest BCUT2D eigenvalue weighted by Gasteiger charge is 2.09. The van der Waals surface area contributed by atoms with Crippen LogP contribution in [-0.4, -0.2) is 28.6 Å². The molecule has 16 heavy (non-hydrogen) atoms. The Hall–Kier alpha value is -1.62. The predicted octanol–water partition coefficient (Wildman–Crippen LogP) is 1.64. The number of ether oxygens (including phenoxy) is 1. The van der Waals surface area contributed by atoms with Gasteiger partial charge < -0.3 is 15.0 Å².